The Morgan fingerprint density at radius 3 is 2.60 bits per heavy atom. The number of nitrogens with one attached hydrogen (secondary N) is 2. The Balaban J connectivity index is 1.84. The van der Waals surface area contributed by atoms with Crippen molar-refractivity contribution in [3.05, 3.63) is 29.8 Å². The van der Waals surface area contributed by atoms with E-state index in [0.717, 1.165) is 13.1 Å². The van der Waals surface area contributed by atoms with Gasteiger partial charge in [-0.25, -0.2) is 4.79 Å². The van der Waals surface area contributed by atoms with Gasteiger partial charge in [0, 0.05) is 26.2 Å². The largest absolute Gasteiger partial charge is 0.462 e. The molecule has 0 radical (unpaired) electrons. The first kappa shape index (κ1) is 18.9. The maximum atomic E-state index is 12.0. The lowest BCUT2D eigenvalue weighted by Gasteiger charge is -2.26. The topological polar surface area (TPSA) is 97.0 Å². The highest BCUT2D eigenvalue weighted by Gasteiger charge is 2.18. The number of morpholine rings is 1. The molecule has 1 aromatic carbocycles. The van der Waals surface area contributed by atoms with Crippen molar-refractivity contribution in [2.45, 2.75) is 6.92 Å². The van der Waals surface area contributed by atoms with Gasteiger partial charge in [-0.1, -0.05) is 12.1 Å². The van der Waals surface area contributed by atoms with Gasteiger partial charge in [0.25, 0.3) is 0 Å². The second kappa shape index (κ2) is 9.75. The Kier molecular flexibility index (Phi) is 7.36. The van der Waals surface area contributed by atoms with Gasteiger partial charge < -0.3 is 20.1 Å². The Hall–Kier alpha value is -2.45. The van der Waals surface area contributed by atoms with Crippen molar-refractivity contribution in [1.82, 2.24) is 10.2 Å². The van der Waals surface area contributed by atoms with Crippen LogP contribution in [0.1, 0.15) is 17.3 Å². The molecule has 1 aliphatic heterocycles. The SMILES string of the molecule is CCOC(=O)c1ccccc1NC(=O)C(=O)NCCN1CCOCC1. The first-order chi connectivity index (χ1) is 12.1. The molecule has 8 nitrogen and oxygen atoms in total. The quantitative estimate of drug-likeness (QED) is 0.564. The molecule has 8 heteroatoms. The van der Waals surface area contributed by atoms with E-state index in [9.17, 15) is 14.4 Å². The van der Waals surface area contributed by atoms with Crippen molar-refractivity contribution in [2.24, 2.45) is 0 Å². The van der Waals surface area contributed by atoms with Crippen LogP contribution in [0.5, 0.6) is 0 Å². The van der Waals surface area contributed by atoms with Crippen LogP contribution in [0.15, 0.2) is 24.3 Å². The zero-order valence-corrected chi connectivity index (χ0v) is 14.2. The molecule has 0 saturated carbocycles. The van der Waals surface area contributed by atoms with E-state index in [0.29, 0.717) is 26.3 Å². The van der Waals surface area contributed by atoms with E-state index in [-0.39, 0.29) is 17.9 Å². The monoisotopic (exact) mass is 349 g/mol. The van der Waals surface area contributed by atoms with E-state index in [4.69, 9.17) is 9.47 Å². The van der Waals surface area contributed by atoms with Crippen LogP contribution in [0.25, 0.3) is 0 Å². The number of hydrogen-bond donors (Lipinski definition) is 2. The van der Waals surface area contributed by atoms with Crippen molar-refractivity contribution in [3.63, 3.8) is 0 Å². The fourth-order valence-electron chi connectivity index (χ4n) is 2.39. The van der Waals surface area contributed by atoms with Gasteiger partial charge in [0.1, 0.15) is 0 Å². The van der Waals surface area contributed by atoms with Gasteiger partial charge in [0.15, 0.2) is 0 Å². The van der Waals surface area contributed by atoms with Crippen LogP contribution in [0.3, 0.4) is 0 Å². The molecule has 0 aliphatic carbocycles. The highest BCUT2D eigenvalue weighted by molar-refractivity contribution is 6.40. The predicted molar refractivity (Wildman–Crippen MR) is 91.3 cm³/mol. The maximum Gasteiger partial charge on any atom is 0.340 e. The minimum atomic E-state index is -0.821. The summed E-state index contributed by atoms with van der Waals surface area (Å²) in [5.41, 5.74) is 0.452. The summed E-state index contributed by atoms with van der Waals surface area (Å²) in [7, 11) is 0. The fraction of sp³-hybridized carbons (Fsp3) is 0.471. The van der Waals surface area contributed by atoms with Crippen molar-refractivity contribution < 1.29 is 23.9 Å². The van der Waals surface area contributed by atoms with E-state index >= 15 is 0 Å². The summed E-state index contributed by atoms with van der Waals surface area (Å²) in [6.45, 7) is 5.93. The molecule has 1 aliphatic rings. The predicted octanol–water partition coefficient (Wildman–Crippen LogP) is 0.250. The highest BCUT2D eigenvalue weighted by Crippen LogP contribution is 2.16. The number of benzene rings is 1. The summed E-state index contributed by atoms with van der Waals surface area (Å²) in [6.07, 6.45) is 0. The van der Waals surface area contributed by atoms with E-state index in [1.807, 2.05) is 0 Å². The molecule has 1 aromatic rings. The minimum Gasteiger partial charge on any atom is -0.462 e. The van der Waals surface area contributed by atoms with Crippen LogP contribution in [0.4, 0.5) is 5.69 Å². The average Bonchev–Trinajstić information content (AvgIpc) is 2.63. The third-order valence-electron chi connectivity index (χ3n) is 3.69. The minimum absolute atomic E-state index is 0.207. The molecular formula is C17H23N3O5. The zero-order chi connectivity index (χ0) is 18.1. The summed E-state index contributed by atoms with van der Waals surface area (Å²) in [5, 5.41) is 5.03. The smallest absolute Gasteiger partial charge is 0.340 e. The number of carbonyl (C=O) groups is 3. The van der Waals surface area contributed by atoms with Crippen LogP contribution in [-0.2, 0) is 19.1 Å². The van der Waals surface area contributed by atoms with Gasteiger partial charge in [-0.05, 0) is 19.1 Å². The third kappa shape index (κ3) is 5.84. The molecule has 2 amide bonds. The number of amides is 2. The Labute approximate surface area is 146 Å². The van der Waals surface area contributed by atoms with Crippen LogP contribution < -0.4 is 10.6 Å². The molecule has 1 saturated heterocycles. The molecule has 0 unspecified atom stereocenters. The molecule has 0 spiro atoms. The van der Waals surface area contributed by atoms with Gasteiger partial charge in [-0.2, -0.15) is 0 Å². The van der Waals surface area contributed by atoms with E-state index in [1.54, 1.807) is 25.1 Å². The number of nitrogens with zero attached hydrogens (tertiary/aromatic N) is 1. The van der Waals surface area contributed by atoms with Gasteiger partial charge in [0.05, 0.1) is 31.1 Å². The summed E-state index contributed by atoms with van der Waals surface area (Å²) >= 11 is 0. The van der Waals surface area contributed by atoms with Gasteiger partial charge in [-0.3, -0.25) is 14.5 Å². The van der Waals surface area contributed by atoms with Crippen molar-refractivity contribution >= 4 is 23.5 Å². The molecule has 136 valence electrons. The summed E-state index contributed by atoms with van der Waals surface area (Å²) in [4.78, 5) is 38.0. The molecule has 1 heterocycles. The molecule has 0 atom stereocenters. The first-order valence-electron chi connectivity index (χ1n) is 8.27. The molecule has 25 heavy (non-hydrogen) atoms. The number of anilines is 1. The third-order valence-corrected chi connectivity index (χ3v) is 3.69. The standard InChI is InChI=1S/C17H23N3O5/c1-2-25-17(23)13-5-3-4-6-14(13)19-16(22)15(21)18-7-8-20-9-11-24-12-10-20/h3-6H,2,7-12H2,1H3,(H,18,21)(H,19,22). The van der Waals surface area contributed by atoms with E-state index in [1.165, 1.54) is 6.07 Å². The number of ether oxygens (including phenoxy) is 2. The van der Waals surface area contributed by atoms with Crippen LogP contribution >= 0.6 is 0 Å². The Morgan fingerprint density at radius 2 is 1.88 bits per heavy atom. The van der Waals surface area contributed by atoms with Gasteiger partial charge in [0.2, 0.25) is 0 Å². The van der Waals surface area contributed by atoms with Crippen molar-refractivity contribution in [1.29, 1.82) is 0 Å². The molecule has 0 bridgehead atoms. The Morgan fingerprint density at radius 1 is 1.16 bits per heavy atom. The average molecular weight is 349 g/mol. The second-order valence-corrected chi connectivity index (χ2v) is 5.43. The molecule has 1 fully saturated rings. The molecular weight excluding hydrogens is 326 g/mol. The number of esters is 1. The zero-order valence-electron chi connectivity index (χ0n) is 14.2. The summed E-state index contributed by atoms with van der Waals surface area (Å²) < 4.78 is 10.2. The molecule has 2 N–H and O–H groups in total. The second-order valence-electron chi connectivity index (χ2n) is 5.43. The maximum absolute atomic E-state index is 12.0. The lowest BCUT2D eigenvalue weighted by atomic mass is 10.2. The first-order valence-corrected chi connectivity index (χ1v) is 8.27. The van der Waals surface area contributed by atoms with Crippen LogP contribution in [0.2, 0.25) is 0 Å². The number of carbonyl (C=O) groups excluding carboxylic acids is 3. The van der Waals surface area contributed by atoms with Crippen LogP contribution in [-0.4, -0.2) is 68.7 Å². The van der Waals surface area contributed by atoms with Crippen LogP contribution in [0, 0.1) is 0 Å². The lowest BCUT2D eigenvalue weighted by Crippen LogP contribution is -2.43. The van der Waals surface area contributed by atoms with Crippen molar-refractivity contribution in [3.8, 4) is 0 Å². The lowest BCUT2D eigenvalue weighted by molar-refractivity contribution is -0.136. The van der Waals surface area contributed by atoms with E-state index in [2.05, 4.69) is 15.5 Å². The number of para-hydroxylation sites is 1. The number of rotatable bonds is 6. The summed E-state index contributed by atoms with van der Waals surface area (Å²) in [5.74, 6) is -2.11. The van der Waals surface area contributed by atoms with Gasteiger partial charge >= 0.3 is 17.8 Å². The normalized spacial score (nSPS) is 14.6. The van der Waals surface area contributed by atoms with Crippen molar-refractivity contribution in [2.75, 3.05) is 51.3 Å². The van der Waals surface area contributed by atoms with Gasteiger partial charge in [-0.15, -0.1) is 0 Å². The Bertz CT molecular complexity index is 614. The number of hydrogen-bond acceptors (Lipinski definition) is 6. The highest BCUT2D eigenvalue weighted by atomic mass is 16.5. The fourth-order valence-corrected chi connectivity index (χ4v) is 2.39. The molecule has 2 rings (SSSR count). The molecule has 0 aromatic heterocycles. The van der Waals surface area contributed by atoms with E-state index < -0.39 is 17.8 Å². The summed E-state index contributed by atoms with van der Waals surface area (Å²) in [6, 6.07) is 6.40.